The number of nitrogens with zero attached hydrogens (tertiary/aromatic N) is 1. The summed E-state index contributed by atoms with van der Waals surface area (Å²) in [5.41, 5.74) is 2.12. The van der Waals surface area contributed by atoms with E-state index in [2.05, 4.69) is 34.5 Å². The molecule has 0 radical (unpaired) electrons. The fraction of sp³-hybridized carbons (Fsp3) is 0.429. The smallest absolute Gasteiger partial charge is 0.0638 e. The van der Waals surface area contributed by atoms with Crippen LogP contribution in [0.15, 0.2) is 48.5 Å². The summed E-state index contributed by atoms with van der Waals surface area (Å²) in [6.07, 6.45) is 3.75. The molecule has 1 aliphatic rings. The first-order valence-corrected chi connectivity index (χ1v) is 10.0. The van der Waals surface area contributed by atoms with E-state index in [4.69, 9.17) is 23.2 Å². The van der Waals surface area contributed by atoms with Crippen LogP contribution in [0.3, 0.4) is 0 Å². The van der Waals surface area contributed by atoms with Gasteiger partial charge < -0.3 is 15.3 Å². The number of rotatable bonds is 7. The number of piperidine rings is 1. The van der Waals surface area contributed by atoms with Gasteiger partial charge in [0.2, 0.25) is 0 Å². The van der Waals surface area contributed by atoms with Crippen LogP contribution >= 0.6 is 23.2 Å². The van der Waals surface area contributed by atoms with Gasteiger partial charge in [-0.1, -0.05) is 53.5 Å². The van der Waals surface area contributed by atoms with Crippen LogP contribution in [0.5, 0.6) is 0 Å². The Labute approximate surface area is 165 Å². The molecule has 2 aromatic carbocycles. The first-order valence-electron chi connectivity index (χ1n) is 9.29. The minimum Gasteiger partial charge on any atom is -0.393 e. The number of likely N-dealkylation sites (tertiary alicyclic amines) is 1. The second kappa shape index (κ2) is 9.61. The molecule has 26 heavy (non-hydrogen) atoms. The van der Waals surface area contributed by atoms with Crippen LogP contribution in [0.4, 0.5) is 5.69 Å². The first kappa shape index (κ1) is 19.5. The molecule has 3 rings (SSSR count). The lowest BCUT2D eigenvalue weighted by Gasteiger charge is -2.30. The molecule has 3 nitrogen and oxygen atoms in total. The van der Waals surface area contributed by atoms with Gasteiger partial charge in [0.05, 0.1) is 22.9 Å². The summed E-state index contributed by atoms with van der Waals surface area (Å²) >= 11 is 12.5. The monoisotopic (exact) mass is 392 g/mol. The quantitative estimate of drug-likeness (QED) is 0.663. The van der Waals surface area contributed by atoms with Crippen LogP contribution in [0.2, 0.25) is 10.0 Å². The van der Waals surface area contributed by atoms with Crippen molar-refractivity contribution in [2.45, 2.75) is 37.8 Å². The lowest BCUT2D eigenvalue weighted by Crippen LogP contribution is -2.36. The van der Waals surface area contributed by atoms with Gasteiger partial charge in [0, 0.05) is 18.1 Å². The van der Waals surface area contributed by atoms with E-state index in [1.165, 1.54) is 5.56 Å². The van der Waals surface area contributed by atoms with Crippen LogP contribution in [0.25, 0.3) is 0 Å². The molecule has 5 heteroatoms. The Morgan fingerprint density at radius 2 is 1.81 bits per heavy atom. The largest absolute Gasteiger partial charge is 0.393 e. The molecule has 0 aromatic heterocycles. The summed E-state index contributed by atoms with van der Waals surface area (Å²) in [6, 6.07) is 16.1. The average Bonchev–Trinajstić information content (AvgIpc) is 2.66. The van der Waals surface area contributed by atoms with E-state index in [0.29, 0.717) is 10.0 Å². The molecule has 0 bridgehead atoms. The molecule has 0 spiro atoms. The number of hydrogen-bond donors (Lipinski definition) is 2. The van der Waals surface area contributed by atoms with Crippen molar-refractivity contribution in [3.63, 3.8) is 0 Å². The van der Waals surface area contributed by atoms with Crippen molar-refractivity contribution < 1.29 is 5.11 Å². The zero-order chi connectivity index (χ0) is 18.4. The standard InChI is InChI=1S/C21H26Cl2N2O/c22-17-8-9-19(23)21(15-17)24-20(16-5-2-1-3-6-16)7-4-12-25-13-10-18(26)11-14-25/h1-3,5-6,8-9,15,18,20,24,26H,4,7,10-14H2. The SMILES string of the molecule is OC1CCN(CCCC(Nc2cc(Cl)ccc2Cl)c2ccccc2)CC1. The van der Waals surface area contributed by atoms with Gasteiger partial charge >= 0.3 is 0 Å². The van der Waals surface area contributed by atoms with Crippen molar-refractivity contribution in [2.24, 2.45) is 0 Å². The highest BCUT2D eigenvalue weighted by Gasteiger charge is 2.18. The van der Waals surface area contributed by atoms with Crippen molar-refractivity contribution in [1.29, 1.82) is 0 Å². The molecule has 0 aliphatic carbocycles. The van der Waals surface area contributed by atoms with Gasteiger partial charge in [-0.05, 0) is 56.0 Å². The molecule has 0 saturated carbocycles. The summed E-state index contributed by atoms with van der Waals surface area (Å²) in [6.45, 7) is 3.04. The molecular weight excluding hydrogens is 367 g/mol. The molecule has 2 aromatic rings. The van der Waals surface area contributed by atoms with Gasteiger partial charge in [-0.2, -0.15) is 0 Å². The van der Waals surface area contributed by atoms with Gasteiger partial charge in [-0.3, -0.25) is 0 Å². The predicted molar refractivity (Wildman–Crippen MR) is 110 cm³/mol. The zero-order valence-corrected chi connectivity index (χ0v) is 16.4. The third kappa shape index (κ3) is 5.62. The van der Waals surface area contributed by atoms with E-state index in [1.54, 1.807) is 6.07 Å². The molecule has 1 aliphatic heterocycles. The maximum atomic E-state index is 9.64. The Hall–Kier alpha value is -1.26. The molecule has 140 valence electrons. The highest BCUT2D eigenvalue weighted by Crippen LogP contribution is 2.31. The van der Waals surface area contributed by atoms with E-state index in [9.17, 15) is 5.11 Å². The Morgan fingerprint density at radius 1 is 1.08 bits per heavy atom. The van der Waals surface area contributed by atoms with Crippen LogP contribution in [-0.2, 0) is 0 Å². The van der Waals surface area contributed by atoms with Gasteiger partial charge in [0.15, 0.2) is 0 Å². The van der Waals surface area contributed by atoms with Gasteiger partial charge in [-0.15, -0.1) is 0 Å². The van der Waals surface area contributed by atoms with Crippen molar-refractivity contribution in [1.82, 2.24) is 4.90 Å². The number of benzene rings is 2. The summed E-state index contributed by atoms with van der Waals surface area (Å²) in [5.74, 6) is 0. The summed E-state index contributed by atoms with van der Waals surface area (Å²) in [5, 5.41) is 14.6. The molecule has 1 heterocycles. The number of aliphatic hydroxyl groups excluding tert-OH is 1. The van der Waals surface area contributed by atoms with Crippen molar-refractivity contribution in [2.75, 3.05) is 25.0 Å². The maximum absolute atomic E-state index is 9.64. The number of aliphatic hydroxyl groups is 1. The molecule has 1 fully saturated rings. The van der Waals surface area contributed by atoms with Crippen molar-refractivity contribution in [3.8, 4) is 0 Å². The average molecular weight is 393 g/mol. The fourth-order valence-corrected chi connectivity index (χ4v) is 3.81. The lowest BCUT2D eigenvalue weighted by atomic mass is 10.0. The third-order valence-electron chi connectivity index (χ3n) is 4.98. The Kier molecular flexibility index (Phi) is 7.21. The topological polar surface area (TPSA) is 35.5 Å². The first-order chi connectivity index (χ1) is 12.6. The van der Waals surface area contributed by atoms with E-state index >= 15 is 0 Å². The van der Waals surface area contributed by atoms with Gasteiger partial charge in [-0.25, -0.2) is 0 Å². The van der Waals surface area contributed by atoms with E-state index in [1.807, 2.05) is 18.2 Å². The zero-order valence-electron chi connectivity index (χ0n) is 14.9. The summed E-state index contributed by atoms with van der Waals surface area (Å²) in [4.78, 5) is 2.45. The number of anilines is 1. The second-order valence-corrected chi connectivity index (χ2v) is 7.79. The van der Waals surface area contributed by atoms with Gasteiger partial charge in [0.25, 0.3) is 0 Å². The maximum Gasteiger partial charge on any atom is 0.0638 e. The van der Waals surface area contributed by atoms with Crippen LogP contribution < -0.4 is 5.32 Å². The number of hydrogen-bond acceptors (Lipinski definition) is 3. The lowest BCUT2D eigenvalue weighted by molar-refractivity contribution is 0.0817. The van der Waals surface area contributed by atoms with E-state index in [0.717, 1.165) is 51.0 Å². The Balaban J connectivity index is 1.63. The van der Waals surface area contributed by atoms with Crippen LogP contribution in [0.1, 0.15) is 37.3 Å². The fourth-order valence-electron chi connectivity index (χ4n) is 3.47. The highest BCUT2D eigenvalue weighted by atomic mass is 35.5. The summed E-state index contributed by atoms with van der Waals surface area (Å²) < 4.78 is 0. The molecule has 0 amide bonds. The molecule has 1 saturated heterocycles. The minimum absolute atomic E-state index is 0.116. The van der Waals surface area contributed by atoms with E-state index in [-0.39, 0.29) is 12.1 Å². The van der Waals surface area contributed by atoms with E-state index < -0.39 is 0 Å². The van der Waals surface area contributed by atoms with Crippen molar-refractivity contribution in [3.05, 3.63) is 64.1 Å². The Morgan fingerprint density at radius 3 is 2.54 bits per heavy atom. The molecule has 1 unspecified atom stereocenters. The molecular formula is C21H26Cl2N2O. The highest BCUT2D eigenvalue weighted by molar-refractivity contribution is 6.35. The predicted octanol–water partition coefficient (Wildman–Crippen LogP) is 5.38. The molecule has 2 N–H and O–H groups in total. The van der Waals surface area contributed by atoms with Crippen LogP contribution in [0, 0.1) is 0 Å². The summed E-state index contributed by atoms with van der Waals surface area (Å²) in [7, 11) is 0. The minimum atomic E-state index is -0.116. The van der Waals surface area contributed by atoms with Gasteiger partial charge in [0.1, 0.15) is 0 Å². The number of halogens is 2. The third-order valence-corrected chi connectivity index (χ3v) is 5.55. The van der Waals surface area contributed by atoms with Crippen LogP contribution in [-0.4, -0.2) is 35.7 Å². The van der Waals surface area contributed by atoms with Crippen molar-refractivity contribution >= 4 is 28.9 Å². The number of nitrogens with one attached hydrogen (secondary N) is 1. The molecule has 1 atom stereocenters. The normalized spacial score (nSPS) is 17.2. The second-order valence-electron chi connectivity index (χ2n) is 6.95. The Bertz CT molecular complexity index is 688.